The average molecular weight is 414 g/mol. The maximum atomic E-state index is 13.3. The standard InChI is InChI=1S/C22H21ClFN3O2/c1-14-12-26(13-19(29-14)16-6-4-3-5-7-16)22(28)20-15(2)25-27(21(20)23)18-10-8-17(24)9-11-18/h3-11,14,19H,12-13H2,1-2H3. The molecule has 2 aromatic carbocycles. The summed E-state index contributed by atoms with van der Waals surface area (Å²) in [4.78, 5) is 15.1. The molecule has 0 N–H and O–H groups in total. The molecule has 3 aromatic rings. The van der Waals surface area contributed by atoms with Gasteiger partial charge in [0.05, 0.1) is 29.6 Å². The third-order valence-electron chi connectivity index (χ3n) is 5.01. The van der Waals surface area contributed by atoms with Gasteiger partial charge in [0, 0.05) is 6.54 Å². The lowest BCUT2D eigenvalue weighted by atomic mass is 10.1. The summed E-state index contributed by atoms with van der Waals surface area (Å²) in [6.07, 6.45) is -0.306. The van der Waals surface area contributed by atoms with Gasteiger partial charge in [-0.3, -0.25) is 4.79 Å². The molecule has 0 spiro atoms. The van der Waals surface area contributed by atoms with E-state index in [0.717, 1.165) is 5.56 Å². The van der Waals surface area contributed by atoms with E-state index >= 15 is 0 Å². The fourth-order valence-corrected chi connectivity index (χ4v) is 3.98. The quantitative estimate of drug-likeness (QED) is 0.631. The number of aromatic nitrogens is 2. The van der Waals surface area contributed by atoms with Crippen LogP contribution in [0.25, 0.3) is 5.69 Å². The van der Waals surface area contributed by atoms with E-state index in [1.807, 2.05) is 37.3 Å². The molecular formula is C22H21ClFN3O2. The van der Waals surface area contributed by atoms with Gasteiger partial charge in [-0.15, -0.1) is 0 Å². The Morgan fingerprint density at radius 1 is 1.14 bits per heavy atom. The smallest absolute Gasteiger partial charge is 0.259 e. The van der Waals surface area contributed by atoms with Gasteiger partial charge in [0.25, 0.3) is 5.91 Å². The average Bonchev–Trinajstić information content (AvgIpc) is 3.02. The van der Waals surface area contributed by atoms with Crippen LogP contribution in [-0.4, -0.2) is 39.8 Å². The Bertz CT molecular complexity index is 1020. The maximum absolute atomic E-state index is 13.3. The largest absolute Gasteiger partial charge is 0.367 e. The number of morpholine rings is 1. The molecule has 0 saturated carbocycles. The number of amides is 1. The van der Waals surface area contributed by atoms with Crippen molar-refractivity contribution in [2.45, 2.75) is 26.1 Å². The van der Waals surface area contributed by atoms with E-state index in [1.54, 1.807) is 24.0 Å². The number of hydrogen-bond donors (Lipinski definition) is 0. The van der Waals surface area contributed by atoms with Gasteiger partial charge in [-0.05, 0) is 43.7 Å². The van der Waals surface area contributed by atoms with Crippen molar-refractivity contribution in [2.75, 3.05) is 13.1 Å². The van der Waals surface area contributed by atoms with Gasteiger partial charge in [0.2, 0.25) is 0 Å². The second-order valence-corrected chi connectivity index (χ2v) is 7.55. The monoisotopic (exact) mass is 413 g/mol. The minimum Gasteiger partial charge on any atom is -0.367 e. The van der Waals surface area contributed by atoms with Crippen molar-refractivity contribution in [3.05, 3.63) is 82.4 Å². The Balaban J connectivity index is 1.63. The second kappa shape index (κ2) is 7.97. The predicted molar refractivity (Wildman–Crippen MR) is 109 cm³/mol. The van der Waals surface area contributed by atoms with Gasteiger partial charge in [-0.25, -0.2) is 9.07 Å². The van der Waals surface area contributed by atoms with Crippen LogP contribution in [0.1, 0.15) is 34.6 Å². The van der Waals surface area contributed by atoms with Crippen LogP contribution in [0.5, 0.6) is 0 Å². The molecule has 1 fully saturated rings. The Morgan fingerprint density at radius 3 is 2.52 bits per heavy atom. The minimum atomic E-state index is -0.348. The first kappa shape index (κ1) is 19.6. The predicted octanol–water partition coefficient (Wildman–Crippen LogP) is 4.58. The van der Waals surface area contributed by atoms with E-state index in [2.05, 4.69) is 5.10 Å². The van der Waals surface area contributed by atoms with Gasteiger partial charge in [-0.2, -0.15) is 5.10 Å². The Hall–Kier alpha value is -2.70. The number of aryl methyl sites for hydroxylation is 1. The van der Waals surface area contributed by atoms with Gasteiger partial charge in [0.1, 0.15) is 17.1 Å². The number of ether oxygens (including phenoxy) is 1. The Kier molecular flexibility index (Phi) is 5.39. The van der Waals surface area contributed by atoms with Crippen molar-refractivity contribution in [3.8, 4) is 5.69 Å². The highest BCUT2D eigenvalue weighted by Gasteiger charge is 2.33. The third kappa shape index (κ3) is 3.91. The summed E-state index contributed by atoms with van der Waals surface area (Å²) >= 11 is 6.54. The SMILES string of the molecule is Cc1nn(-c2ccc(F)cc2)c(Cl)c1C(=O)N1CC(C)OC(c2ccccc2)C1. The second-order valence-electron chi connectivity index (χ2n) is 7.20. The molecule has 2 unspecified atom stereocenters. The lowest BCUT2D eigenvalue weighted by Crippen LogP contribution is -2.46. The van der Waals surface area contributed by atoms with Gasteiger partial charge >= 0.3 is 0 Å². The first-order chi connectivity index (χ1) is 13.9. The van der Waals surface area contributed by atoms with Crippen LogP contribution < -0.4 is 0 Å². The molecule has 1 saturated heterocycles. The molecule has 1 aliphatic heterocycles. The van der Waals surface area contributed by atoms with Crippen molar-refractivity contribution in [3.63, 3.8) is 0 Å². The number of benzene rings is 2. The van der Waals surface area contributed by atoms with E-state index in [1.165, 1.54) is 16.8 Å². The summed E-state index contributed by atoms with van der Waals surface area (Å²) in [5.41, 5.74) is 2.51. The molecule has 1 aromatic heterocycles. The molecule has 1 aliphatic rings. The highest BCUT2D eigenvalue weighted by Crippen LogP contribution is 2.29. The van der Waals surface area contributed by atoms with Crippen LogP contribution in [0.2, 0.25) is 5.15 Å². The van der Waals surface area contributed by atoms with Crippen LogP contribution in [0.3, 0.4) is 0 Å². The minimum absolute atomic E-state index is 0.107. The molecule has 4 rings (SSSR count). The van der Waals surface area contributed by atoms with Gasteiger partial charge < -0.3 is 9.64 Å². The number of carbonyl (C=O) groups excluding carboxylic acids is 1. The first-order valence-corrected chi connectivity index (χ1v) is 9.82. The zero-order valence-electron chi connectivity index (χ0n) is 16.2. The van der Waals surface area contributed by atoms with E-state index in [-0.39, 0.29) is 29.1 Å². The summed E-state index contributed by atoms with van der Waals surface area (Å²) in [7, 11) is 0. The first-order valence-electron chi connectivity index (χ1n) is 9.44. The highest BCUT2D eigenvalue weighted by molar-refractivity contribution is 6.33. The molecule has 1 amide bonds. The summed E-state index contributed by atoms with van der Waals surface area (Å²) in [5.74, 6) is -0.531. The van der Waals surface area contributed by atoms with Crippen molar-refractivity contribution in [1.29, 1.82) is 0 Å². The summed E-state index contributed by atoms with van der Waals surface area (Å²) in [6.45, 7) is 4.60. The van der Waals surface area contributed by atoms with Crippen LogP contribution >= 0.6 is 11.6 Å². The van der Waals surface area contributed by atoms with Crippen molar-refractivity contribution in [2.24, 2.45) is 0 Å². The third-order valence-corrected chi connectivity index (χ3v) is 5.36. The molecule has 7 heteroatoms. The lowest BCUT2D eigenvalue weighted by Gasteiger charge is -2.37. The molecule has 5 nitrogen and oxygen atoms in total. The zero-order valence-corrected chi connectivity index (χ0v) is 16.9. The fourth-order valence-electron chi connectivity index (χ4n) is 3.62. The number of nitrogens with zero attached hydrogens (tertiary/aromatic N) is 3. The van der Waals surface area contributed by atoms with Crippen molar-refractivity contribution in [1.82, 2.24) is 14.7 Å². The van der Waals surface area contributed by atoms with E-state index < -0.39 is 0 Å². The summed E-state index contributed by atoms with van der Waals surface area (Å²) in [6, 6.07) is 15.7. The molecule has 29 heavy (non-hydrogen) atoms. The molecule has 2 heterocycles. The maximum Gasteiger partial charge on any atom is 0.259 e. The fraction of sp³-hybridized carbons (Fsp3) is 0.273. The normalized spacial score (nSPS) is 19.4. The zero-order chi connectivity index (χ0) is 20.5. The molecule has 0 radical (unpaired) electrons. The molecule has 2 atom stereocenters. The number of halogens is 2. The molecule has 0 aliphatic carbocycles. The Morgan fingerprint density at radius 2 is 1.83 bits per heavy atom. The van der Waals surface area contributed by atoms with Gasteiger partial charge in [-0.1, -0.05) is 41.9 Å². The number of carbonyl (C=O) groups is 1. The summed E-state index contributed by atoms with van der Waals surface area (Å²) < 4.78 is 20.7. The van der Waals surface area contributed by atoms with Crippen LogP contribution in [-0.2, 0) is 4.74 Å². The van der Waals surface area contributed by atoms with E-state index in [9.17, 15) is 9.18 Å². The highest BCUT2D eigenvalue weighted by atomic mass is 35.5. The number of rotatable bonds is 3. The topological polar surface area (TPSA) is 47.4 Å². The van der Waals surface area contributed by atoms with Crippen molar-refractivity contribution >= 4 is 17.5 Å². The number of hydrogen-bond acceptors (Lipinski definition) is 3. The summed E-state index contributed by atoms with van der Waals surface area (Å²) in [5, 5.41) is 4.62. The van der Waals surface area contributed by atoms with Crippen LogP contribution in [0.4, 0.5) is 4.39 Å². The van der Waals surface area contributed by atoms with E-state index in [0.29, 0.717) is 30.0 Å². The lowest BCUT2D eigenvalue weighted by molar-refractivity contribution is -0.0691. The van der Waals surface area contributed by atoms with Crippen LogP contribution in [0, 0.1) is 12.7 Å². The molecule has 0 bridgehead atoms. The molecule has 150 valence electrons. The van der Waals surface area contributed by atoms with Crippen LogP contribution in [0.15, 0.2) is 54.6 Å². The van der Waals surface area contributed by atoms with E-state index in [4.69, 9.17) is 16.3 Å². The Labute approximate surface area is 173 Å². The van der Waals surface area contributed by atoms with Crippen molar-refractivity contribution < 1.29 is 13.9 Å². The van der Waals surface area contributed by atoms with Gasteiger partial charge in [0.15, 0.2) is 0 Å². The molecular weight excluding hydrogens is 393 g/mol.